The molecule has 120 valence electrons. The predicted octanol–water partition coefficient (Wildman–Crippen LogP) is 3.92. The summed E-state index contributed by atoms with van der Waals surface area (Å²) in [5.74, 6) is 0.0501. The van der Waals surface area contributed by atoms with Crippen LogP contribution in [0.25, 0.3) is 0 Å². The predicted molar refractivity (Wildman–Crippen MR) is 76.4 cm³/mol. The standard InChI is InChI=1S/C15H23F3N2O/c1-9-7-10(2)20-13(21-11(3)15(16,17)18)12(9)8-19-14(4,5)6/h7,11,19H,8H2,1-6H3. The van der Waals surface area contributed by atoms with Gasteiger partial charge in [0.05, 0.1) is 0 Å². The van der Waals surface area contributed by atoms with Crippen molar-refractivity contribution < 1.29 is 17.9 Å². The Kier molecular flexibility index (Phi) is 5.25. The maximum Gasteiger partial charge on any atom is 0.425 e. The maximum absolute atomic E-state index is 12.7. The molecule has 0 saturated carbocycles. The Morgan fingerprint density at radius 2 is 1.81 bits per heavy atom. The summed E-state index contributed by atoms with van der Waals surface area (Å²) in [4.78, 5) is 4.13. The lowest BCUT2D eigenvalue weighted by Crippen LogP contribution is -2.36. The van der Waals surface area contributed by atoms with Gasteiger partial charge in [0.15, 0.2) is 6.10 Å². The zero-order chi connectivity index (χ0) is 16.4. The highest BCUT2D eigenvalue weighted by molar-refractivity contribution is 5.36. The molecule has 1 heterocycles. The van der Waals surface area contributed by atoms with E-state index in [1.165, 1.54) is 0 Å². The summed E-state index contributed by atoms with van der Waals surface area (Å²) in [7, 11) is 0. The van der Waals surface area contributed by atoms with Crippen LogP contribution in [0, 0.1) is 13.8 Å². The highest BCUT2D eigenvalue weighted by Crippen LogP contribution is 2.28. The van der Waals surface area contributed by atoms with Gasteiger partial charge in [-0.3, -0.25) is 0 Å². The van der Waals surface area contributed by atoms with Gasteiger partial charge < -0.3 is 10.1 Å². The van der Waals surface area contributed by atoms with Crippen LogP contribution < -0.4 is 10.1 Å². The van der Waals surface area contributed by atoms with Crippen molar-refractivity contribution in [1.82, 2.24) is 10.3 Å². The molecular weight excluding hydrogens is 281 g/mol. The average Bonchev–Trinajstić information content (AvgIpc) is 2.24. The topological polar surface area (TPSA) is 34.1 Å². The van der Waals surface area contributed by atoms with Crippen molar-refractivity contribution in [3.05, 3.63) is 22.9 Å². The van der Waals surface area contributed by atoms with Gasteiger partial charge in [-0.15, -0.1) is 0 Å². The van der Waals surface area contributed by atoms with Crippen LogP contribution in [0.4, 0.5) is 13.2 Å². The van der Waals surface area contributed by atoms with Crippen LogP contribution in [0.2, 0.25) is 0 Å². The zero-order valence-corrected chi connectivity index (χ0v) is 13.4. The third-order valence-corrected chi connectivity index (χ3v) is 2.98. The van der Waals surface area contributed by atoms with Crippen molar-refractivity contribution >= 4 is 0 Å². The fourth-order valence-electron chi connectivity index (χ4n) is 1.73. The summed E-state index contributed by atoms with van der Waals surface area (Å²) in [5, 5.41) is 3.25. The van der Waals surface area contributed by atoms with E-state index in [9.17, 15) is 13.2 Å². The van der Waals surface area contributed by atoms with Crippen molar-refractivity contribution in [3.63, 3.8) is 0 Å². The minimum Gasteiger partial charge on any atom is -0.465 e. The number of aromatic nitrogens is 1. The van der Waals surface area contributed by atoms with E-state index in [-0.39, 0.29) is 11.4 Å². The number of ether oxygens (including phenoxy) is 1. The summed E-state index contributed by atoms with van der Waals surface area (Å²) in [5.41, 5.74) is 2.01. The molecule has 21 heavy (non-hydrogen) atoms. The van der Waals surface area contributed by atoms with Gasteiger partial charge in [-0.1, -0.05) is 0 Å². The molecule has 6 heteroatoms. The Morgan fingerprint density at radius 1 is 1.24 bits per heavy atom. The second-order valence-electron chi connectivity index (χ2n) is 6.27. The highest BCUT2D eigenvalue weighted by Gasteiger charge is 2.38. The number of alkyl halides is 3. The fraction of sp³-hybridized carbons (Fsp3) is 0.667. The first-order valence-corrected chi connectivity index (χ1v) is 6.85. The minimum atomic E-state index is -4.41. The molecule has 1 aromatic heterocycles. The van der Waals surface area contributed by atoms with Crippen LogP contribution in [0.3, 0.4) is 0 Å². The molecule has 0 aliphatic heterocycles. The molecule has 1 rings (SSSR count). The second-order valence-corrected chi connectivity index (χ2v) is 6.27. The van der Waals surface area contributed by atoms with Gasteiger partial charge in [0.25, 0.3) is 0 Å². The van der Waals surface area contributed by atoms with Crippen LogP contribution in [0.15, 0.2) is 6.07 Å². The van der Waals surface area contributed by atoms with Gasteiger partial charge >= 0.3 is 6.18 Å². The Bertz CT molecular complexity index is 493. The van der Waals surface area contributed by atoms with E-state index in [1.54, 1.807) is 6.92 Å². The molecule has 0 aliphatic rings. The summed E-state index contributed by atoms with van der Waals surface area (Å²) >= 11 is 0. The first-order valence-electron chi connectivity index (χ1n) is 6.85. The molecule has 0 spiro atoms. The van der Waals surface area contributed by atoms with Gasteiger partial charge in [0, 0.05) is 23.3 Å². The molecule has 0 radical (unpaired) electrons. The quantitative estimate of drug-likeness (QED) is 0.915. The Labute approximate surface area is 123 Å². The molecule has 0 saturated heterocycles. The summed E-state index contributed by atoms with van der Waals surface area (Å²) in [6, 6.07) is 1.84. The lowest BCUT2D eigenvalue weighted by Gasteiger charge is -2.24. The van der Waals surface area contributed by atoms with Gasteiger partial charge in [0.2, 0.25) is 5.88 Å². The number of pyridine rings is 1. The van der Waals surface area contributed by atoms with E-state index in [2.05, 4.69) is 10.3 Å². The highest BCUT2D eigenvalue weighted by atomic mass is 19.4. The van der Waals surface area contributed by atoms with Crippen LogP contribution in [0.1, 0.15) is 44.5 Å². The van der Waals surface area contributed by atoms with Gasteiger partial charge in [-0.25, -0.2) is 4.98 Å². The van der Waals surface area contributed by atoms with E-state index in [4.69, 9.17) is 4.74 Å². The number of nitrogens with one attached hydrogen (secondary N) is 1. The summed E-state index contributed by atoms with van der Waals surface area (Å²) in [6.07, 6.45) is -6.30. The van der Waals surface area contributed by atoms with Crippen LogP contribution in [-0.4, -0.2) is 22.8 Å². The SMILES string of the molecule is Cc1cc(C)c(CNC(C)(C)C)c(OC(C)C(F)(F)F)n1. The summed E-state index contributed by atoms with van der Waals surface area (Å²) in [6.45, 7) is 10.9. The molecule has 0 fully saturated rings. The molecule has 1 aromatic rings. The molecule has 0 amide bonds. The molecule has 0 bridgehead atoms. The fourth-order valence-corrected chi connectivity index (χ4v) is 1.73. The van der Waals surface area contributed by atoms with Crippen molar-refractivity contribution in [2.45, 2.75) is 65.9 Å². The van der Waals surface area contributed by atoms with Crippen molar-refractivity contribution in [2.24, 2.45) is 0 Å². The number of rotatable bonds is 4. The van der Waals surface area contributed by atoms with E-state index >= 15 is 0 Å². The maximum atomic E-state index is 12.7. The van der Waals surface area contributed by atoms with E-state index < -0.39 is 12.3 Å². The van der Waals surface area contributed by atoms with E-state index in [0.717, 1.165) is 12.5 Å². The number of nitrogens with zero attached hydrogens (tertiary/aromatic N) is 1. The van der Waals surface area contributed by atoms with Gasteiger partial charge in [0.1, 0.15) is 0 Å². The van der Waals surface area contributed by atoms with Crippen molar-refractivity contribution in [1.29, 1.82) is 0 Å². The largest absolute Gasteiger partial charge is 0.465 e. The average molecular weight is 304 g/mol. The molecule has 1 atom stereocenters. The van der Waals surface area contributed by atoms with Gasteiger partial charge in [-0.2, -0.15) is 13.2 Å². The first kappa shape index (κ1) is 17.8. The van der Waals surface area contributed by atoms with E-state index in [0.29, 0.717) is 17.8 Å². The monoisotopic (exact) mass is 304 g/mol. The molecule has 3 nitrogen and oxygen atoms in total. The zero-order valence-electron chi connectivity index (χ0n) is 13.4. The molecule has 1 unspecified atom stereocenters. The number of hydrogen-bond donors (Lipinski definition) is 1. The molecular formula is C15H23F3N2O. The third-order valence-electron chi connectivity index (χ3n) is 2.98. The van der Waals surface area contributed by atoms with Crippen LogP contribution in [-0.2, 0) is 6.54 Å². The lowest BCUT2D eigenvalue weighted by molar-refractivity contribution is -0.190. The summed E-state index contributed by atoms with van der Waals surface area (Å²) < 4.78 is 43.1. The molecule has 1 N–H and O–H groups in total. The Balaban J connectivity index is 3.06. The number of hydrogen-bond acceptors (Lipinski definition) is 3. The second kappa shape index (κ2) is 6.22. The Hall–Kier alpha value is -1.30. The number of aryl methyl sites for hydroxylation is 2. The van der Waals surface area contributed by atoms with Crippen molar-refractivity contribution in [3.8, 4) is 5.88 Å². The third kappa shape index (κ3) is 5.53. The first-order chi connectivity index (χ1) is 9.40. The van der Waals surface area contributed by atoms with Crippen molar-refractivity contribution in [2.75, 3.05) is 0 Å². The minimum absolute atomic E-state index is 0.0501. The van der Waals surface area contributed by atoms with Gasteiger partial charge in [-0.05, 0) is 53.2 Å². The number of halogens is 3. The van der Waals surface area contributed by atoms with E-state index in [1.807, 2.05) is 33.8 Å². The smallest absolute Gasteiger partial charge is 0.425 e. The Morgan fingerprint density at radius 3 is 2.29 bits per heavy atom. The molecule has 0 aromatic carbocycles. The molecule has 0 aliphatic carbocycles. The van der Waals surface area contributed by atoms with Crippen LogP contribution >= 0.6 is 0 Å². The van der Waals surface area contributed by atoms with Crippen LogP contribution in [0.5, 0.6) is 5.88 Å². The lowest BCUT2D eigenvalue weighted by atomic mass is 10.1. The normalized spacial score (nSPS) is 14.1.